The van der Waals surface area contributed by atoms with E-state index in [1.165, 1.54) is 12.8 Å². The van der Waals surface area contributed by atoms with E-state index in [1.54, 1.807) is 6.08 Å². The zero-order chi connectivity index (χ0) is 16.2. The lowest BCUT2D eigenvalue weighted by atomic mass is 9.70. The van der Waals surface area contributed by atoms with Gasteiger partial charge in [-0.2, -0.15) is 0 Å². The molecule has 0 aromatic carbocycles. The smallest absolute Gasteiger partial charge is 0.330 e. The number of esters is 1. The highest BCUT2D eigenvalue weighted by Gasteiger charge is 2.62. The van der Waals surface area contributed by atoms with Gasteiger partial charge in [0, 0.05) is 11.5 Å². The molecule has 2 aliphatic rings. The summed E-state index contributed by atoms with van der Waals surface area (Å²) in [5.74, 6) is 0.531. The molecule has 2 bridgehead atoms. The van der Waals surface area contributed by atoms with Crippen LogP contribution in [0.15, 0.2) is 36.5 Å². The molecule has 0 aromatic rings. The summed E-state index contributed by atoms with van der Waals surface area (Å²) in [5, 5.41) is 0. The monoisotopic (exact) mass is 302 g/mol. The van der Waals surface area contributed by atoms with Crippen molar-refractivity contribution < 1.29 is 9.53 Å². The first kappa shape index (κ1) is 17.1. The van der Waals surface area contributed by atoms with Crippen LogP contribution in [0.25, 0.3) is 0 Å². The second kappa shape index (κ2) is 6.85. The maximum Gasteiger partial charge on any atom is 0.330 e. The first-order chi connectivity index (χ1) is 10.4. The van der Waals surface area contributed by atoms with Crippen molar-refractivity contribution in [2.45, 2.75) is 65.9 Å². The number of rotatable bonds is 6. The number of allylic oxidation sites excluding steroid dienone is 5. The van der Waals surface area contributed by atoms with Crippen molar-refractivity contribution in [3.8, 4) is 0 Å². The van der Waals surface area contributed by atoms with Gasteiger partial charge >= 0.3 is 5.97 Å². The highest BCUT2D eigenvalue weighted by molar-refractivity contribution is 5.82. The number of fused-ring (bicyclic) bond motifs is 2. The van der Waals surface area contributed by atoms with Crippen LogP contribution in [-0.2, 0) is 9.53 Å². The van der Waals surface area contributed by atoms with Gasteiger partial charge in [0.25, 0.3) is 0 Å². The van der Waals surface area contributed by atoms with Crippen LogP contribution < -0.4 is 0 Å². The van der Waals surface area contributed by atoms with Crippen LogP contribution in [0.1, 0.15) is 59.8 Å². The van der Waals surface area contributed by atoms with Gasteiger partial charge in [-0.25, -0.2) is 4.79 Å². The minimum atomic E-state index is -0.174. The van der Waals surface area contributed by atoms with Gasteiger partial charge in [0.15, 0.2) is 0 Å². The summed E-state index contributed by atoms with van der Waals surface area (Å²) in [7, 11) is 0. The average Bonchev–Trinajstić information content (AvgIpc) is 2.79. The summed E-state index contributed by atoms with van der Waals surface area (Å²) in [6.07, 6.45) is 17.1. The second-order valence-corrected chi connectivity index (χ2v) is 7.47. The lowest BCUT2D eigenvalue weighted by Gasteiger charge is -2.38. The van der Waals surface area contributed by atoms with Gasteiger partial charge in [0.1, 0.15) is 6.10 Å². The molecule has 2 fully saturated rings. The Balaban J connectivity index is 1.79. The van der Waals surface area contributed by atoms with Crippen LogP contribution in [-0.4, -0.2) is 12.1 Å². The Bertz CT molecular complexity index is 484. The lowest BCUT2D eigenvalue weighted by molar-refractivity contribution is -0.150. The first-order valence-corrected chi connectivity index (χ1v) is 8.57. The van der Waals surface area contributed by atoms with Crippen LogP contribution in [0.2, 0.25) is 0 Å². The number of hydrogen-bond donors (Lipinski definition) is 0. The molecule has 122 valence electrons. The molecule has 0 spiro atoms. The van der Waals surface area contributed by atoms with Crippen molar-refractivity contribution in [2.75, 3.05) is 0 Å². The predicted molar refractivity (Wildman–Crippen MR) is 91.4 cm³/mol. The number of carbonyl (C=O) groups excluding carboxylic acids is 1. The maximum absolute atomic E-state index is 12.0. The second-order valence-electron chi connectivity index (χ2n) is 7.47. The van der Waals surface area contributed by atoms with E-state index >= 15 is 0 Å². The Morgan fingerprint density at radius 1 is 1.18 bits per heavy atom. The summed E-state index contributed by atoms with van der Waals surface area (Å²) in [5.41, 5.74) is 0.440. The van der Waals surface area contributed by atoms with Gasteiger partial charge in [-0.05, 0) is 50.4 Å². The van der Waals surface area contributed by atoms with Gasteiger partial charge < -0.3 is 4.74 Å². The van der Waals surface area contributed by atoms with Crippen LogP contribution in [0, 0.1) is 16.7 Å². The Hall–Kier alpha value is -1.31. The van der Waals surface area contributed by atoms with Gasteiger partial charge in [0.2, 0.25) is 0 Å². The third-order valence-corrected chi connectivity index (χ3v) is 6.17. The maximum atomic E-state index is 12.0. The van der Waals surface area contributed by atoms with Gasteiger partial charge in [-0.15, -0.1) is 0 Å². The van der Waals surface area contributed by atoms with E-state index in [0.717, 1.165) is 19.3 Å². The largest absolute Gasteiger partial charge is 0.459 e. The Labute approximate surface area is 135 Å². The molecule has 2 saturated carbocycles. The summed E-state index contributed by atoms with van der Waals surface area (Å²) in [4.78, 5) is 12.0. The van der Waals surface area contributed by atoms with E-state index in [1.807, 2.05) is 31.2 Å². The number of unbranched alkanes of at least 4 members (excludes halogenated alkanes) is 1. The molecular formula is C20H30O2. The summed E-state index contributed by atoms with van der Waals surface area (Å²) in [6.45, 7) is 8.97. The highest BCUT2D eigenvalue weighted by atomic mass is 16.5. The van der Waals surface area contributed by atoms with E-state index in [-0.39, 0.29) is 17.5 Å². The van der Waals surface area contributed by atoms with Crippen molar-refractivity contribution in [2.24, 2.45) is 16.7 Å². The molecule has 0 N–H and O–H groups in total. The molecule has 0 aliphatic heterocycles. The SMILES string of the molecule is CC=CC=CCCC=CC(=O)OC1CC2CCC1(C)C2(C)C. The average molecular weight is 302 g/mol. The fourth-order valence-corrected chi connectivity index (χ4v) is 4.15. The fourth-order valence-electron chi connectivity index (χ4n) is 4.15. The molecular weight excluding hydrogens is 272 g/mol. The number of ether oxygens (including phenoxy) is 1. The van der Waals surface area contributed by atoms with Crippen LogP contribution in [0.3, 0.4) is 0 Å². The topological polar surface area (TPSA) is 26.3 Å². The zero-order valence-electron chi connectivity index (χ0n) is 14.5. The number of carbonyl (C=O) groups is 1. The van der Waals surface area contributed by atoms with E-state index in [9.17, 15) is 4.79 Å². The zero-order valence-corrected chi connectivity index (χ0v) is 14.5. The predicted octanol–water partition coefficient (Wildman–Crippen LogP) is 5.21. The van der Waals surface area contributed by atoms with E-state index in [2.05, 4.69) is 26.8 Å². The van der Waals surface area contributed by atoms with Crippen molar-refractivity contribution >= 4 is 5.97 Å². The van der Waals surface area contributed by atoms with Gasteiger partial charge in [-0.3, -0.25) is 0 Å². The molecule has 22 heavy (non-hydrogen) atoms. The molecule has 0 heterocycles. The van der Waals surface area contributed by atoms with E-state index < -0.39 is 0 Å². The molecule has 2 nitrogen and oxygen atoms in total. The van der Waals surface area contributed by atoms with E-state index in [0.29, 0.717) is 11.3 Å². The van der Waals surface area contributed by atoms with Crippen LogP contribution >= 0.6 is 0 Å². The van der Waals surface area contributed by atoms with Crippen molar-refractivity contribution in [3.63, 3.8) is 0 Å². The molecule has 2 heteroatoms. The molecule has 2 aliphatic carbocycles. The minimum Gasteiger partial charge on any atom is -0.459 e. The van der Waals surface area contributed by atoms with Crippen molar-refractivity contribution in [1.82, 2.24) is 0 Å². The van der Waals surface area contributed by atoms with Crippen molar-refractivity contribution in [1.29, 1.82) is 0 Å². The summed E-state index contributed by atoms with van der Waals surface area (Å²) < 4.78 is 5.77. The van der Waals surface area contributed by atoms with E-state index in [4.69, 9.17) is 4.74 Å². The third kappa shape index (κ3) is 3.21. The van der Waals surface area contributed by atoms with Crippen molar-refractivity contribution in [3.05, 3.63) is 36.5 Å². The molecule has 3 atom stereocenters. The Kier molecular flexibility index (Phi) is 5.31. The molecule has 0 radical (unpaired) electrons. The van der Waals surface area contributed by atoms with Crippen LogP contribution in [0.5, 0.6) is 0 Å². The normalized spacial score (nSPS) is 33.5. The Morgan fingerprint density at radius 2 is 1.91 bits per heavy atom. The standard InChI is InChI=1S/C20H30O2/c1-5-6-7-8-9-10-11-12-18(21)22-17-15-16-13-14-20(17,4)19(16,2)3/h5-8,11-12,16-17H,9-10,13-15H2,1-4H3. The van der Waals surface area contributed by atoms with Gasteiger partial charge in [0.05, 0.1) is 0 Å². The molecule has 0 amide bonds. The molecule has 3 unspecified atom stereocenters. The fraction of sp³-hybridized carbons (Fsp3) is 0.650. The molecule has 2 rings (SSSR count). The molecule has 0 saturated heterocycles. The lowest BCUT2D eigenvalue weighted by Crippen LogP contribution is -2.38. The Morgan fingerprint density at radius 3 is 2.50 bits per heavy atom. The van der Waals surface area contributed by atoms with Gasteiger partial charge in [-0.1, -0.05) is 51.2 Å². The van der Waals surface area contributed by atoms with Crippen LogP contribution in [0.4, 0.5) is 0 Å². The first-order valence-electron chi connectivity index (χ1n) is 8.57. The molecule has 0 aromatic heterocycles. The quantitative estimate of drug-likeness (QED) is 0.291. The minimum absolute atomic E-state index is 0.0907. The summed E-state index contributed by atoms with van der Waals surface area (Å²) in [6, 6.07) is 0. The third-order valence-electron chi connectivity index (χ3n) is 6.17. The number of hydrogen-bond acceptors (Lipinski definition) is 2. The summed E-state index contributed by atoms with van der Waals surface area (Å²) >= 11 is 0. The highest BCUT2D eigenvalue weighted by Crippen LogP contribution is 2.66.